The van der Waals surface area contributed by atoms with Crippen molar-refractivity contribution in [2.75, 3.05) is 44.2 Å². The lowest BCUT2D eigenvalue weighted by Gasteiger charge is -2.35. The number of nitrogens with zero attached hydrogens (tertiary/aromatic N) is 4. The second-order valence-electron chi connectivity index (χ2n) is 7.35. The quantitative estimate of drug-likeness (QED) is 0.611. The van der Waals surface area contributed by atoms with Crippen LogP contribution in [-0.4, -0.2) is 59.3 Å². The molecular formula is C23H30Cl2N4O. The molecule has 1 aliphatic heterocycles. The molecule has 0 aliphatic carbocycles. The summed E-state index contributed by atoms with van der Waals surface area (Å²) in [6, 6.07) is 14.8. The number of hydrogen-bond acceptors (Lipinski definition) is 5. The first kappa shape index (κ1) is 24.4. The van der Waals surface area contributed by atoms with Gasteiger partial charge in [0.2, 0.25) is 0 Å². The van der Waals surface area contributed by atoms with Crippen LogP contribution in [0.1, 0.15) is 18.9 Å². The number of fused-ring (bicyclic) bond motifs is 1. The number of anilines is 1. The summed E-state index contributed by atoms with van der Waals surface area (Å²) in [4.78, 5) is 14.5. The monoisotopic (exact) mass is 448 g/mol. The molecule has 0 radical (unpaired) electrons. The summed E-state index contributed by atoms with van der Waals surface area (Å²) in [5.41, 5.74) is 4.33. The largest absolute Gasteiger partial charge is 0.396 e. The van der Waals surface area contributed by atoms with Crippen LogP contribution >= 0.6 is 24.8 Å². The van der Waals surface area contributed by atoms with Crippen molar-refractivity contribution in [1.82, 2.24) is 14.9 Å². The van der Waals surface area contributed by atoms with Crippen LogP contribution in [0, 0.1) is 0 Å². The average molecular weight is 449 g/mol. The highest BCUT2D eigenvalue weighted by Gasteiger charge is 2.20. The molecule has 0 bridgehead atoms. The summed E-state index contributed by atoms with van der Waals surface area (Å²) in [6.07, 6.45) is 3.55. The molecule has 1 N–H and O–H groups in total. The molecule has 1 aromatic carbocycles. The van der Waals surface area contributed by atoms with Gasteiger partial charge in [-0.3, -0.25) is 4.98 Å². The Morgan fingerprint density at radius 1 is 1.00 bits per heavy atom. The lowest BCUT2D eigenvalue weighted by molar-refractivity contribution is 0.271. The number of aliphatic hydroxyl groups excluding tert-OH is 1. The minimum absolute atomic E-state index is 0. The molecule has 30 heavy (non-hydrogen) atoms. The van der Waals surface area contributed by atoms with Gasteiger partial charge in [0.05, 0.1) is 5.69 Å². The number of halogens is 2. The van der Waals surface area contributed by atoms with Gasteiger partial charge >= 0.3 is 0 Å². The van der Waals surface area contributed by atoms with E-state index in [2.05, 4.69) is 58.1 Å². The molecule has 5 nitrogen and oxygen atoms in total. The maximum Gasteiger partial charge on any atom is 0.155 e. The maximum atomic E-state index is 9.02. The standard InChI is InChI=1S/C23H28N4O.2ClH/c1-2-26-12-14-27(15-13-26)23-22-20(6-3-11-24-22)17-21(25-23)19-9-7-18(8-10-19)5-4-16-28;;/h3,6-11,17,28H,2,4-5,12-16H2,1H3;2*1H. The third kappa shape index (κ3) is 5.41. The van der Waals surface area contributed by atoms with E-state index in [1.807, 2.05) is 12.3 Å². The van der Waals surface area contributed by atoms with Gasteiger partial charge in [0, 0.05) is 49.9 Å². The lowest BCUT2D eigenvalue weighted by atomic mass is 10.0. The molecule has 4 rings (SSSR count). The smallest absolute Gasteiger partial charge is 0.155 e. The molecule has 3 heterocycles. The van der Waals surface area contributed by atoms with E-state index in [1.165, 1.54) is 5.56 Å². The highest BCUT2D eigenvalue weighted by molar-refractivity contribution is 5.91. The zero-order chi connectivity index (χ0) is 19.3. The molecule has 1 fully saturated rings. The third-order valence-electron chi connectivity index (χ3n) is 5.56. The Morgan fingerprint density at radius 2 is 1.73 bits per heavy atom. The number of pyridine rings is 2. The van der Waals surface area contributed by atoms with Crippen LogP contribution in [0.5, 0.6) is 0 Å². The van der Waals surface area contributed by atoms with Gasteiger partial charge in [-0.25, -0.2) is 4.98 Å². The van der Waals surface area contributed by atoms with Gasteiger partial charge in [-0.05, 0) is 37.1 Å². The van der Waals surface area contributed by atoms with Crippen molar-refractivity contribution in [3.8, 4) is 11.3 Å². The van der Waals surface area contributed by atoms with E-state index in [0.717, 1.165) is 73.5 Å². The third-order valence-corrected chi connectivity index (χ3v) is 5.56. The first-order valence-corrected chi connectivity index (χ1v) is 10.2. The maximum absolute atomic E-state index is 9.02. The van der Waals surface area contributed by atoms with E-state index in [1.54, 1.807) is 0 Å². The molecule has 2 aromatic heterocycles. The Hall–Kier alpha value is -1.92. The number of hydrogen-bond donors (Lipinski definition) is 1. The number of aliphatic hydroxyl groups is 1. The molecule has 7 heteroatoms. The molecule has 0 atom stereocenters. The second kappa shape index (κ2) is 11.5. The number of piperazine rings is 1. The van der Waals surface area contributed by atoms with Crippen molar-refractivity contribution in [2.45, 2.75) is 19.8 Å². The molecule has 0 spiro atoms. The summed E-state index contributed by atoms with van der Waals surface area (Å²) in [5, 5.41) is 10.2. The normalized spacial score (nSPS) is 14.3. The van der Waals surface area contributed by atoms with Gasteiger partial charge < -0.3 is 14.9 Å². The molecule has 3 aromatic rings. The van der Waals surface area contributed by atoms with E-state index >= 15 is 0 Å². The number of likely N-dealkylation sites (N-methyl/N-ethyl adjacent to an activating group) is 1. The average Bonchev–Trinajstić information content (AvgIpc) is 2.77. The second-order valence-corrected chi connectivity index (χ2v) is 7.35. The zero-order valence-corrected chi connectivity index (χ0v) is 19.0. The van der Waals surface area contributed by atoms with E-state index < -0.39 is 0 Å². The minimum Gasteiger partial charge on any atom is -0.396 e. The van der Waals surface area contributed by atoms with Gasteiger partial charge in [-0.2, -0.15) is 0 Å². The topological polar surface area (TPSA) is 52.5 Å². The fraction of sp³-hybridized carbons (Fsp3) is 0.391. The van der Waals surface area contributed by atoms with Crippen LogP contribution in [0.2, 0.25) is 0 Å². The molecule has 0 unspecified atom stereocenters. The van der Waals surface area contributed by atoms with Gasteiger partial charge in [-0.15, -0.1) is 24.8 Å². The number of aryl methyl sites for hydroxylation is 1. The minimum atomic E-state index is 0. The van der Waals surface area contributed by atoms with E-state index in [-0.39, 0.29) is 31.4 Å². The van der Waals surface area contributed by atoms with Crippen LogP contribution in [-0.2, 0) is 6.42 Å². The van der Waals surface area contributed by atoms with E-state index in [4.69, 9.17) is 10.1 Å². The van der Waals surface area contributed by atoms with Crippen molar-refractivity contribution >= 4 is 41.5 Å². The Kier molecular flexibility index (Phi) is 9.31. The number of benzene rings is 1. The van der Waals surface area contributed by atoms with Crippen molar-refractivity contribution in [1.29, 1.82) is 0 Å². The molecule has 162 valence electrons. The van der Waals surface area contributed by atoms with Crippen LogP contribution in [0.4, 0.5) is 5.82 Å². The van der Waals surface area contributed by atoms with Crippen LogP contribution in [0.3, 0.4) is 0 Å². The molecular weight excluding hydrogens is 419 g/mol. The van der Waals surface area contributed by atoms with Crippen molar-refractivity contribution in [3.63, 3.8) is 0 Å². The van der Waals surface area contributed by atoms with Crippen LogP contribution < -0.4 is 4.90 Å². The fourth-order valence-electron chi connectivity index (χ4n) is 3.84. The predicted molar refractivity (Wildman–Crippen MR) is 129 cm³/mol. The predicted octanol–water partition coefficient (Wildman–Crippen LogP) is 4.21. The Balaban J connectivity index is 0.00000160. The summed E-state index contributed by atoms with van der Waals surface area (Å²) in [7, 11) is 0. The van der Waals surface area contributed by atoms with Crippen LogP contribution in [0.25, 0.3) is 22.2 Å². The molecule has 1 saturated heterocycles. The molecule has 1 aliphatic rings. The summed E-state index contributed by atoms with van der Waals surface area (Å²) >= 11 is 0. The molecule has 0 amide bonds. The number of aromatic nitrogens is 2. The van der Waals surface area contributed by atoms with Gasteiger partial charge in [-0.1, -0.05) is 37.3 Å². The van der Waals surface area contributed by atoms with E-state index in [9.17, 15) is 0 Å². The highest BCUT2D eigenvalue weighted by atomic mass is 35.5. The first-order valence-electron chi connectivity index (χ1n) is 10.2. The highest BCUT2D eigenvalue weighted by Crippen LogP contribution is 2.29. The van der Waals surface area contributed by atoms with Gasteiger partial charge in [0.25, 0.3) is 0 Å². The van der Waals surface area contributed by atoms with Gasteiger partial charge in [0.1, 0.15) is 5.52 Å². The van der Waals surface area contributed by atoms with Crippen molar-refractivity contribution in [2.24, 2.45) is 0 Å². The van der Waals surface area contributed by atoms with Gasteiger partial charge in [0.15, 0.2) is 5.82 Å². The number of rotatable bonds is 6. The Morgan fingerprint density at radius 3 is 2.40 bits per heavy atom. The van der Waals surface area contributed by atoms with E-state index in [0.29, 0.717) is 0 Å². The van der Waals surface area contributed by atoms with Crippen LogP contribution in [0.15, 0.2) is 48.7 Å². The molecule has 0 saturated carbocycles. The van der Waals surface area contributed by atoms with Crippen molar-refractivity contribution < 1.29 is 5.11 Å². The SMILES string of the molecule is CCN1CCN(c2nc(-c3ccc(CCCO)cc3)cc3cccnc23)CC1.Cl.Cl. The Bertz CT molecular complexity index is 928. The summed E-state index contributed by atoms with van der Waals surface area (Å²) in [6.45, 7) is 7.65. The zero-order valence-electron chi connectivity index (χ0n) is 17.3. The summed E-state index contributed by atoms with van der Waals surface area (Å²) < 4.78 is 0. The first-order chi connectivity index (χ1) is 13.8. The Labute approximate surface area is 191 Å². The summed E-state index contributed by atoms with van der Waals surface area (Å²) in [5.74, 6) is 0.994. The lowest BCUT2D eigenvalue weighted by Crippen LogP contribution is -2.46. The van der Waals surface area contributed by atoms with Crippen molar-refractivity contribution in [3.05, 3.63) is 54.2 Å². The fourth-order valence-corrected chi connectivity index (χ4v) is 3.84.